The molecule has 0 radical (unpaired) electrons. The molecular formula is C17H21BrN2O4S. The van der Waals surface area contributed by atoms with Gasteiger partial charge in [-0.1, -0.05) is 15.9 Å². The fraction of sp³-hybridized carbons (Fsp3) is 0.529. The molecule has 2 amide bonds. The van der Waals surface area contributed by atoms with Crippen molar-refractivity contribution in [1.29, 1.82) is 0 Å². The summed E-state index contributed by atoms with van der Waals surface area (Å²) in [7, 11) is -3.09. The van der Waals surface area contributed by atoms with Crippen molar-refractivity contribution in [1.82, 2.24) is 5.32 Å². The molecule has 136 valence electrons. The van der Waals surface area contributed by atoms with Crippen LogP contribution in [0.5, 0.6) is 0 Å². The van der Waals surface area contributed by atoms with Crippen LogP contribution in [0.15, 0.2) is 22.7 Å². The van der Waals surface area contributed by atoms with E-state index < -0.39 is 21.3 Å². The number of halogens is 1. The molecule has 0 bridgehead atoms. The lowest BCUT2D eigenvalue weighted by molar-refractivity contribution is -0.127. The molecule has 8 heteroatoms. The summed E-state index contributed by atoms with van der Waals surface area (Å²) >= 11 is 3.44. The number of aryl methyl sites for hydroxylation is 1. The quantitative estimate of drug-likeness (QED) is 0.795. The zero-order chi connectivity index (χ0) is 18.4. The molecule has 2 aliphatic heterocycles. The van der Waals surface area contributed by atoms with E-state index in [4.69, 9.17) is 0 Å². The molecular weight excluding hydrogens is 408 g/mol. The number of nitrogens with zero attached hydrogens (tertiary/aromatic N) is 1. The third-order valence-corrected chi connectivity index (χ3v) is 7.67. The van der Waals surface area contributed by atoms with Gasteiger partial charge in [-0.25, -0.2) is 8.42 Å². The van der Waals surface area contributed by atoms with Gasteiger partial charge in [-0.2, -0.15) is 0 Å². The van der Waals surface area contributed by atoms with Crippen molar-refractivity contribution >= 4 is 43.3 Å². The largest absolute Gasteiger partial charge is 0.350 e. The molecule has 0 spiro atoms. The average Bonchev–Trinajstić information content (AvgIpc) is 3.02. The Balaban J connectivity index is 1.70. The van der Waals surface area contributed by atoms with Gasteiger partial charge in [0.05, 0.1) is 23.0 Å². The Bertz CT molecular complexity index is 839. The Labute approximate surface area is 156 Å². The molecule has 2 atom stereocenters. The molecule has 2 saturated heterocycles. The second-order valence-corrected chi connectivity index (χ2v) is 10.3. The van der Waals surface area contributed by atoms with Crippen LogP contribution in [0.2, 0.25) is 0 Å². The van der Waals surface area contributed by atoms with Crippen LogP contribution in [0.1, 0.15) is 25.3 Å². The summed E-state index contributed by atoms with van der Waals surface area (Å²) < 4.78 is 24.3. The van der Waals surface area contributed by atoms with Gasteiger partial charge in [0.2, 0.25) is 11.8 Å². The lowest BCUT2D eigenvalue weighted by Gasteiger charge is -2.25. The van der Waals surface area contributed by atoms with E-state index in [9.17, 15) is 18.0 Å². The van der Waals surface area contributed by atoms with Gasteiger partial charge in [0.15, 0.2) is 9.84 Å². The summed E-state index contributed by atoms with van der Waals surface area (Å²) in [5.41, 5.74) is 1.05. The number of anilines is 1. The first kappa shape index (κ1) is 18.4. The van der Waals surface area contributed by atoms with E-state index in [1.165, 1.54) is 0 Å². The Morgan fingerprint density at radius 1 is 1.40 bits per heavy atom. The number of sulfone groups is 1. The highest BCUT2D eigenvalue weighted by molar-refractivity contribution is 9.10. The standard InChI is InChI=1S/C17H21BrN2O4S/c1-11-7-13(3-4-14(11)18)20-9-12(8-15(20)21)16(22)19-17(2)5-6-25(23,24)10-17/h3-4,7,12H,5-6,8-10H2,1-2H3,(H,19,22). The molecule has 2 heterocycles. The summed E-state index contributed by atoms with van der Waals surface area (Å²) in [4.78, 5) is 26.5. The molecule has 1 aromatic rings. The van der Waals surface area contributed by atoms with Gasteiger partial charge in [0.25, 0.3) is 0 Å². The van der Waals surface area contributed by atoms with Crippen molar-refractivity contribution in [2.75, 3.05) is 23.0 Å². The first-order valence-electron chi connectivity index (χ1n) is 8.18. The van der Waals surface area contributed by atoms with Crippen LogP contribution < -0.4 is 10.2 Å². The molecule has 6 nitrogen and oxygen atoms in total. The SMILES string of the molecule is Cc1cc(N2CC(C(=O)NC3(C)CCS(=O)(=O)C3)CC2=O)ccc1Br. The number of hydrogen-bond donors (Lipinski definition) is 1. The van der Waals surface area contributed by atoms with E-state index in [0.717, 1.165) is 15.7 Å². The van der Waals surface area contributed by atoms with Gasteiger partial charge in [0.1, 0.15) is 0 Å². The Morgan fingerprint density at radius 3 is 2.72 bits per heavy atom. The second-order valence-electron chi connectivity index (χ2n) is 7.23. The first-order chi connectivity index (χ1) is 11.6. The number of rotatable bonds is 3. The molecule has 1 N–H and O–H groups in total. The van der Waals surface area contributed by atoms with Gasteiger partial charge in [-0.3, -0.25) is 9.59 Å². The minimum atomic E-state index is -3.09. The Hall–Kier alpha value is -1.41. The highest BCUT2D eigenvalue weighted by atomic mass is 79.9. The van der Waals surface area contributed by atoms with Crippen LogP contribution in [0.25, 0.3) is 0 Å². The number of carbonyl (C=O) groups is 2. The van der Waals surface area contributed by atoms with Gasteiger partial charge in [0, 0.05) is 23.1 Å². The highest BCUT2D eigenvalue weighted by Crippen LogP contribution is 2.30. The summed E-state index contributed by atoms with van der Waals surface area (Å²) in [5, 5.41) is 2.86. The maximum Gasteiger partial charge on any atom is 0.227 e. The lowest BCUT2D eigenvalue weighted by Crippen LogP contribution is -2.49. The number of nitrogens with one attached hydrogen (secondary N) is 1. The fourth-order valence-corrected chi connectivity index (χ4v) is 5.78. The van der Waals surface area contributed by atoms with Crippen molar-refractivity contribution in [2.24, 2.45) is 5.92 Å². The van der Waals surface area contributed by atoms with E-state index in [-0.39, 0.29) is 29.7 Å². The predicted molar refractivity (Wildman–Crippen MR) is 99.2 cm³/mol. The number of hydrogen-bond acceptors (Lipinski definition) is 4. The van der Waals surface area contributed by atoms with E-state index in [1.807, 2.05) is 25.1 Å². The van der Waals surface area contributed by atoms with Gasteiger partial charge in [-0.15, -0.1) is 0 Å². The molecule has 0 saturated carbocycles. The Morgan fingerprint density at radius 2 is 2.12 bits per heavy atom. The van der Waals surface area contributed by atoms with Crippen molar-refractivity contribution < 1.29 is 18.0 Å². The van der Waals surface area contributed by atoms with E-state index in [1.54, 1.807) is 11.8 Å². The minimum Gasteiger partial charge on any atom is -0.350 e. The van der Waals surface area contributed by atoms with Crippen LogP contribution >= 0.6 is 15.9 Å². The van der Waals surface area contributed by atoms with Gasteiger partial charge < -0.3 is 10.2 Å². The highest BCUT2D eigenvalue weighted by Gasteiger charge is 2.42. The monoisotopic (exact) mass is 428 g/mol. The van der Waals surface area contributed by atoms with Crippen molar-refractivity contribution in [3.05, 3.63) is 28.2 Å². The molecule has 0 aromatic heterocycles. The molecule has 3 rings (SSSR count). The molecule has 2 unspecified atom stereocenters. The smallest absolute Gasteiger partial charge is 0.227 e. The summed E-state index contributed by atoms with van der Waals surface area (Å²) in [6, 6.07) is 5.64. The van der Waals surface area contributed by atoms with Crippen LogP contribution in [0.4, 0.5) is 5.69 Å². The molecule has 25 heavy (non-hydrogen) atoms. The number of amides is 2. The van der Waals surface area contributed by atoms with Crippen LogP contribution in [0.3, 0.4) is 0 Å². The molecule has 1 aromatic carbocycles. The van der Waals surface area contributed by atoms with Crippen molar-refractivity contribution in [2.45, 2.75) is 32.2 Å². The molecule has 2 fully saturated rings. The fourth-order valence-electron chi connectivity index (χ4n) is 3.44. The van der Waals surface area contributed by atoms with E-state index >= 15 is 0 Å². The predicted octanol–water partition coefficient (Wildman–Crippen LogP) is 1.80. The van der Waals surface area contributed by atoms with Crippen LogP contribution in [-0.4, -0.2) is 43.8 Å². The molecule has 2 aliphatic rings. The van der Waals surface area contributed by atoms with Crippen molar-refractivity contribution in [3.63, 3.8) is 0 Å². The van der Waals surface area contributed by atoms with Crippen LogP contribution in [0, 0.1) is 12.8 Å². The Kier molecular flexibility index (Phi) is 4.70. The summed E-state index contributed by atoms with van der Waals surface area (Å²) in [5.74, 6) is -0.744. The zero-order valence-corrected chi connectivity index (χ0v) is 16.6. The topological polar surface area (TPSA) is 83.6 Å². The zero-order valence-electron chi connectivity index (χ0n) is 14.2. The summed E-state index contributed by atoms with van der Waals surface area (Å²) in [6.45, 7) is 4.01. The van der Waals surface area contributed by atoms with E-state index in [0.29, 0.717) is 13.0 Å². The van der Waals surface area contributed by atoms with Crippen LogP contribution in [-0.2, 0) is 19.4 Å². The normalized spacial score (nSPS) is 28.4. The van der Waals surface area contributed by atoms with Gasteiger partial charge >= 0.3 is 0 Å². The number of benzene rings is 1. The number of carbonyl (C=O) groups excluding carboxylic acids is 2. The van der Waals surface area contributed by atoms with Gasteiger partial charge in [-0.05, 0) is 44.0 Å². The first-order valence-corrected chi connectivity index (χ1v) is 10.8. The molecule has 0 aliphatic carbocycles. The minimum absolute atomic E-state index is 0.0397. The maximum atomic E-state index is 12.6. The van der Waals surface area contributed by atoms with Crippen molar-refractivity contribution in [3.8, 4) is 0 Å². The lowest BCUT2D eigenvalue weighted by atomic mass is 9.99. The summed E-state index contributed by atoms with van der Waals surface area (Å²) in [6.07, 6.45) is 0.557. The third kappa shape index (κ3) is 3.89. The maximum absolute atomic E-state index is 12.6. The third-order valence-electron chi connectivity index (χ3n) is 4.88. The van der Waals surface area contributed by atoms with E-state index in [2.05, 4.69) is 21.2 Å². The average molecular weight is 429 g/mol. The second kappa shape index (κ2) is 6.39.